The highest BCUT2D eigenvalue weighted by atomic mass is 32.1. The van der Waals surface area contributed by atoms with Crippen molar-refractivity contribution in [1.82, 2.24) is 0 Å². The van der Waals surface area contributed by atoms with Gasteiger partial charge < -0.3 is 9.84 Å². The van der Waals surface area contributed by atoms with E-state index < -0.39 is 11.9 Å². The Hall–Kier alpha value is -1.62. The van der Waals surface area contributed by atoms with Crippen LogP contribution in [0.4, 0.5) is 0 Å². The third-order valence-corrected chi connectivity index (χ3v) is 2.37. The molecule has 0 radical (unpaired) electrons. The average molecular weight is 226 g/mol. The molecule has 1 aromatic rings. The van der Waals surface area contributed by atoms with Gasteiger partial charge in [0.2, 0.25) is 0 Å². The Bertz CT molecular complexity index is 378. The normalized spacial score (nSPS) is 11.1. The van der Waals surface area contributed by atoms with E-state index in [0.29, 0.717) is 0 Å². The lowest BCUT2D eigenvalue weighted by Gasteiger charge is -2.01. The summed E-state index contributed by atoms with van der Waals surface area (Å²) in [5.41, 5.74) is 0.949. The number of carboxylic acids is 1. The summed E-state index contributed by atoms with van der Waals surface area (Å²) in [5, 5.41) is 12.3. The molecule has 80 valence electrons. The van der Waals surface area contributed by atoms with E-state index in [0.717, 1.165) is 5.56 Å². The highest BCUT2D eigenvalue weighted by molar-refractivity contribution is 7.08. The maximum atomic E-state index is 11.2. The van der Waals surface area contributed by atoms with Gasteiger partial charge in [0.1, 0.15) is 0 Å². The lowest BCUT2D eigenvalue weighted by Crippen LogP contribution is -2.09. The van der Waals surface area contributed by atoms with E-state index in [1.165, 1.54) is 24.5 Å². The van der Waals surface area contributed by atoms with E-state index in [1.807, 2.05) is 10.8 Å². The second-order valence-corrected chi connectivity index (χ2v) is 3.57. The van der Waals surface area contributed by atoms with Gasteiger partial charge in [0, 0.05) is 5.57 Å². The number of ether oxygens (including phenoxy) is 1. The van der Waals surface area contributed by atoms with Crippen LogP contribution < -0.4 is 0 Å². The third kappa shape index (κ3) is 3.55. The van der Waals surface area contributed by atoms with E-state index in [1.54, 1.807) is 6.07 Å². The van der Waals surface area contributed by atoms with Crippen molar-refractivity contribution in [2.75, 3.05) is 7.11 Å². The topological polar surface area (TPSA) is 63.6 Å². The van der Waals surface area contributed by atoms with Crippen LogP contribution in [0.5, 0.6) is 0 Å². The molecule has 0 spiro atoms. The lowest BCUT2D eigenvalue weighted by atomic mass is 10.1. The predicted octanol–water partition coefficient (Wildman–Crippen LogP) is 1.78. The number of esters is 1. The molecule has 0 aromatic carbocycles. The molecule has 0 bridgehead atoms. The van der Waals surface area contributed by atoms with Crippen molar-refractivity contribution in [3.8, 4) is 0 Å². The number of carbonyl (C=O) groups is 2. The number of thiophene rings is 1. The number of hydrogen-bond donors (Lipinski definition) is 1. The van der Waals surface area contributed by atoms with Crippen LogP contribution in [0.2, 0.25) is 0 Å². The van der Waals surface area contributed by atoms with Crippen molar-refractivity contribution in [3.05, 3.63) is 28.0 Å². The first kappa shape index (κ1) is 11.5. The zero-order valence-electron chi connectivity index (χ0n) is 8.10. The summed E-state index contributed by atoms with van der Waals surface area (Å²) in [4.78, 5) is 21.7. The number of rotatable bonds is 4. The van der Waals surface area contributed by atoms with Crippen LogP contribution in [0.25, 0.3) is 6.08 Å². The van der Waals surface area contributed by atoms with Gasteiger partial charge in [-0.15, -0.1) is 0 Å². The third-order valence-electron chi connectivity index (χ3n) is 1.67. The maximum Gasteiger partial charge on any atom is 0.334 e. The molecule has 15 heavy (non-hydrogen) atoms. The van der Waals surface area contributed by atoms with Crippen molar-refractivity contribution in [3.63, 3.8) is 0 Å². The van der Waals surface area contributed by atoms with Gasteiger partial charge in [-0.2, -0.15) is 11.3 Å². The highest BCUT2D eigenvalue weighted by Crippen LogP contribution is 2.14. The van der Waals surface area contributed by atoms with Gasteiger partial charge in [0.05, 0.1) is 13.5 Å². The standard InChI is InChI=1S/C10H10O4S/c1-14-10(13)8(5-9(11)12)4-7-2-3-15-6-7/h2-4,6H,5H2,1H3,(H,11,12)/b8-4-. The summed E-state index contributed by atoms with van der Waals surface area (Å²) < 4.78 is 4.49. The molecule has 1 N–H and O–H groups in total. The van der Waals surface area contributed by atoms with Crippen molar-refractivity contribution in [2.24, 2.45) is 0 Å². The van der Waals surface area contributed by atoms with Crippen molar-refractivity contribution < 1.29 is 19.4 Å². The van der Waals surface area contributed by atoms with Gasteiger partial charge in [-0.25, -0.2) is 4.79 Å². The quantitative estimate of drug-likeness (QED) is 0.628. The molecule has 0 unspecified atom stereocenters. The molecule has 4 nitrogen and oxygen atoms in total. The Kier molecular flexibility index (Phi) is 4.05. The monoisotopic (exact) mass is 226 g/mol. The molecule has 0 atom stereocenters. The summed E-state index contributed by atoms with van der Waals surface area (Å²) >= 11 is 1.48. The maximum absolute atomic E-state index is 11.2. The number of aliphatic carboxylic acids is 1. The van der Waals surface area contributed by atoms with Crippen LogP contribution in [0.1, 0.15) is 12.0 Å². The van der Waals surface area contributed by atoms with Crippen LogP contribution in [-0.2, 0) is 14.3 Å². The molecule has 1 rings (SSSR count). The summed E-state index contributed by atoms with van der Waals surface area (Å²) in [6.07, 6.45) is 1.19. The van der Waals surface area contributed by atoms with E-state index in [4.69, 9.17) is 5.11 Å². The molecule has 0 aliphatic heterocycles. The molecule has 0 fully saturated rings. The Morgan fingerprint density at radius 3 is 2.80 bits per heavy atom. The number of carboxylic acid groups (broad SMARTS) is 1. The van der Waals surface area contributed by atoms with E-state index >= 15 is 0 Å². The fourth-order valence-electron chi connectivity index (χ4n) is 1.03. The van der Waals surface area contributed by atoms with E-state index in [9.17, 15) is 9.59 Å². The number of hydrogen-bond acceptors (Lipinski definition) is 4. The largest absolute Gasteiger partial charge is 0.481 e. The van der Waals surface area contributed by atoms with Gasteiger partial charge in [-0.3, -0.25) is 4.79 Å². The Labute approximate surface area is 90.8 Å². The summed E-state index contributed by atoms with van der Waals surface area (Å²) in [7, 11) is 1.23. The fourth-order valence-corrected chi connectivity index (χ4v) is 1.65. The zero-order valence-corrected chi connectivity index (χ0v) is 8.91. The van der Waals surface area contributed by atoms with Crippen LogP contribution in [-0.4, -0.2) is 24.2 Å². The van der Waals surface area contributed by atoms with Gasteiger partial charge in [0.25, 0.3) is 0 Å². The van der Waals surface area contributed by atoms with Crippen LogP contribution in [0, 0.1) is 0 Å². The second kappa shape index (κ2) is 5.31. The molecule has 0 amide bonds. The van der Waals surface area contributed by atoms with Crippen LogP contribution in [0.15, 0.2) is 22.4 Å². The molecule has 0 saturated heterocycles. The molecule has 0 aliphatic rings. The average Bonchev–Trinajstić information content (AvgIpc) is 2.67. The zero-order chi connectivity index (χ0) is 11.3. The molecule has 0 aliphatic carbocycles. The summed E-state index contributed by atoms with van der Waals surface area (Å²) in [6, 6.07) is 1.80. The Balaban J connectivity index is 2.90. The molecular formula is C10H10O4S. The van der Waals surface area contributed by atoms with E-state index in [2.05, 4.69) is 4.74 Å². The smallest absolute Gasteiger partial charge is 0.334 e. The minimum Gasteiger partial charge on any atom is -0.481 e. The Morgan fingerprint density at radius 2 is 2.33 bits per heavy atom. The van der Waals surface area contributed by atoms with Crippen LogP contribution >= 0.6 is 11.3 Å². The first-order chi connectivity index (χ1) is 7.13. The van der Waals surface area contributed by atoms with Gasteiger partial charge in [-0.1, -0.05) is 0 Å². The van der Waals surface area contributed by atoms with Crippen LogP contribution in [0.3, 0.4) is 0 Å². The van der Waals surface area contributed by atoms with Crippen molar-refractivity contribution in [1.29, 1.82) is 0 Å². The SMILES string of the molecule is COC(=O)/C(=C\c1ccsc1)CC(=O)O. The lowest BCUT2D eigenvalue weighted by molar-refractivity contribution is -0.141. The highest BCUT2D eigenvalue weighted by Gasteiger charge is 2.13. The summed E-state index contributed by atoms with van der Waals surface area (Å²) in [5.74, 6) is -1.66. The molecule has 1 aromatic heterocycles. The minimum atomic E-state index is -1.05. The molecular weight excluding hydrogens is 216 g/mol. The van der Waals surface area contributed by atoms with Gasteiger partial charge >= 0.3 is 11.9 Å². The Morgan fingerprint density at radius 1 is 1.60 bits per heavy atom. The first-order valence-electron chi connectivity index (χ1n) is 4.16. The molecule has 5 heteroatoms. The van der Waals surface area contributed by atoms with Crippen molar-refractivity contribution in [2.45, 2.75) is 6.42 Å². The van der Waals surface area contributed by atoms with E-state index in [-0.39, 0.29) is 12.0 Å². The second-order valence-electron chi connectivity index (χ2n) is 2.79. The number of carbonyl (C=O) groups excluding carboxylic acids is 1. The molecule has 1 heterocycles. The predicted molar refractivity (Wildman–Crippen MR) is 56.6 cm³/mol. The minimum absolute atomic E-state index is 0.142. The fraction of sp³-hybridized carbons (Fsp3) is 0.200. The van der Waals surface area contributed by atoms with Gasteiger partial charge in [-0.05, 0) is 28.5 Å². The first-order valence-corrected chi connectivity index (χ1v) is 5.10. The summed E-state index contributed by atoms with van der Waals surface area (Å²) in [6.45, 7) is 0. The number of methoxy groups -OCH3 is 1. The molecule has 0 saturated carbocycles. The van der Waals surface area contributed by atoms with Crippen molar-refractivity contribution >= 4 is 29.4 Å². The van der Waals surface area contributed by atoms with Gasteiger partial charge in [0.15, 0.2) is 0 Å².